The summed E-state index contributed by atoms with van der Waals surface area (Å²) in [6.45, 7) is 6.48. The summed E-state index contributed by atoms with van der Waals surface area (Å²) in [5, 5.41) is 0. The van der Waals surface area contributed by atoms with E-state index in [1.807, 2.05) is 51.1 Å². The van der Waals surface area contributed by atoms with Crippen molar-refractivity contribution in [1.82, 2.24) is 4.98 Å². The first-order valence-corrected chi connectivity index (χ1v) is 10.8. The van der Waals surface area contributed by atoms with Gasteiger partial charge in [0.15, 0.2) is 0 Å². The second-order valence-electron chi connectivity index (χ2n) is 7.27. The number of aromatic nitrogens is 1. The molecule has 144 valence electrons. The Kier molecular flexibility index (Phi) is 4.59. The molecular weight excluding hydrogens is 370 g/mol. The van der Waals surface area contributed by atoms with Gasteiger partial charge < -0.3 is 4.90 Å². The number of rotatable bonds is 4. The van der Waals surface area contributed by atoms with E-state index < -0.39 is 10.0 Å². The van der Waals surface area contributed by atoms with Gasteiger partial charge in [0.25, 0.3) is 10.0 Å². The van der Waals surface area contributed by atoms with E-state index in [0.29, 0.717) is 10.6 Å². The average molecular weight is 394 g/mol. The van der Waals surface area contributed by atoms with Gasteiger partial charge in [-0.1, -0.05) is 35.9 Å². The van der Waals surface area contributed by atoms with Crippen LogP contribution < -0.4 is 9.62 Å². The number of nitrogens with one attached hydrogen (secondary N) is 1. The third kappa shape index (κ3) is 3.36. The number of nitrogens with zero attached hydrogens (tertiary/aromatic N) is 2. The molecular formula is C22H23N3O2S. The van der Waals surface area contributed by atoms with Crippen LogP contribution in [0.4, 0.5) is 17.2 Å². The zero-order valence-corrected chi connectivity index (χ0v) is 17.0. The van der Waals surface area contributed by atoms with Gasteiger partial charge in [-0.2, -0.15) is 0 Å². The number of fused-ring (bicyclic) bond motifs is 1. The molecule has 2 aromatic carbocycles. The Bertz CT molecular complexity index is 1120. The van der Waals surface area contributed by atoms with Gasteiger partial charge in [0.1, 0.15) is 5.82 Å². The van der Waals surface area contributed by atoms with E-state index >= 15 is 0 Å². The monoisotopic (exact) mass is 393 g/mol. The summed E-state index contributed by atoms with van der Waals surface area (Å²) in [6.07, 6.45) is 2.56. The maximum atomic E-state index is 12.9. The van der Waals surface area contributed by atoms with Crippen molar-refractivity contribution in [2.24, 2.45) is 0 Å². The smallest absolute Gasteiger partial charge is 0.262 e. The van der Waals surface area contributed by atoms with E-state index in [2.05, 4.69) is 26.7 Å². The Morgan fingerprint density at radius 2 is 1.71 bits per heavy atom. The third-order valence-corrected chi connectivity index (χ3v) is 6.72. The molecule has 4 rings (SSSR count). The predicted octanol–water partition coefficient (Wildman–Crippen LogP) is 4.50. The minimum absolute atomic E-state index is 0.329. The van der Waals surface area contributed by atoms with Crippen molar-refractivity contribution < 1.29 is 8.42 Å². The van der Waals surface area contributed by atoms with E-state index in [-0.39, 0.29) is 0 Å². The molecule has 5 nitrogen and oxygen atoms in total. The Morgan fingerprint density at radius 1 is 1.00 bits per heavy atom. The fraction of sp³-hybridized carbons (Fsp3) is 0.227. The lowest BCUT2D eigenvalue weighted by molar-refractivity contribution is 0.600. The number of sulfonamides is 1. The second-order valence-corrected chi connectivity index (χ2v) is 8.89. The number of hydrogen-bond acceptors (Lipinski definition) is 4. The molecule has 0 saturated heterocycles. The van der Waals surface area contributed by atoms with Crippen LogP contribution in [-0.4, -0.2) is 19.9 Å². The summed E-state index contributed by atoms with van der Waals surface area (Å²) in [5.41, 5.74) is 5.45. The SMILES string of the molecule is Cc1cc(C)c(S(=O)(=O)Nc2ccc(N3CCc4ccccc43)nc2)c(C)c1. The van der Waals surface area contributed by atoms with Crippen molar-refractivity contribution in [3.05, 3.63) is 77.0 Å². The Morgan fingerprint density at radius 3 is 2.39 bits per heavy atom. The first kappa shape index (κ1) is 18.5. The van der Waals surface area contributed by atoms with Crippen LogP contribution in [-0.2, 0) is 16.4 Å². The van der Waals surface area contributed by atoms with Gasteiger partial charge in [0.2, 0.25) is 0 Å². The van der Waals surface area contributed by atoms with Crippen LogP contribution in [0.2, 0.25) is 0 Å². The molecule has 0 amide bonds. The van der Waals surface area contributed by atoms with Gasteiger partial charge >= 0.3 is 0 Å². The summed E-state index contributed by atoms with van der Waals surface area (Å²) >= 11 is 0. The maximum absolute atomic E-state index is 12.9. The fourth-order valence-electron chi connectivity index (χ4n) is 3.98. The zero-order chi connectivity index (χ0) is 19.9. The quantitative estimate of drug-likeness (QED) is 0.709. The van der Waals surface area contributed by atoms with E-state index in [9.17, 15) is 8.42 Å². The number of aryl methyl sites for hydroxylation is 3. The van der Waals surface area contributed by atoms with Crippen LogP contribution >= 0.6 is 0 Å². The Hall–Kier alpha value is -2.86. The molecule has 1 aliphatic rings. The zero-order valence-electron chi connectivity index (χ0n) is 16.2. The summed E-state index contributed by atoms with van der Waals surface area (Å²) < 4.78 is 28.5. The molecule has 0 bridgehead atoms. The molecule has 0 atom stereocenters. The molecule has 1 aliphatic heterocycles. The first-order valence-electron chi connectivity index (χ1n) is 9.27. The van der Waals surface area contributed by atoms with Crippen molar-refractivity contribution in [3.63, 3.8) is 0 Å². The highest BCUT2D eigenvalue weighted by Crippen LogP contribution is 2.33. The summed E-state index contributed by atoms with van der Waals surface area (Å²) in [5.74, 6) is 0.815. The lowest BCUT2D eigenvalue weighted by Crippen LogP contribution is -2.17. The molecule has 28 heavy (non-hydrogen) atoms. The maximum Gasteiger partial charge on any atom is 0.262 e. The summed E-state index contributed by atoms with van der Waals surface area (Å²) in [6, 6.07) is 15.7. The lowest BCUT2D eigenvalue weighted by Gasteiger charge is -2.19. The molecule has 0 fully saturated rings. The van der Waals surface area contributed by atoms with Crippen molar-refractivity contribution in [1.29, 1.82) is 0 Å². The van der Waals surface area contributed by atoms with E-state index in [4.69, 9.17) is 0 Å². The van der Waals surface area contributed by atoms with Crippen molar-refractivity contribution in [3.8, 4) is 0 Å². The topological polar surface area (TPSA) is 62.3 Å². The van der Waals surface area contributed by atoms with Crippen molar-refractivity contribution in [2.45, 2.75) is 32.1 Å². The van der Waals surface area contributed by atoms with Gasteiger partial charge in [-0.25, -0.2) is 13.4 Å². The molecule has 2 heterocycles. The molecule has 3 aromatic rings. The van der Waals surface area contributed by atoms with Gasteiger partial charge in [0.05, 0.1) is 16.8 Å². The van der Waals surface area contributed by atoms with E-state index in [1.165, 1.54) is 5.56 Å². The van der Waals surface area contributed by atoms with Crippen molar-refractivity contribution >= 4 is 27.2 Å². The normalized spacial score (nSPS) is 13.5. The molecule has 0 spiro atoms. The van der Waals surface area contributed by atoms with Gasteiger partial charge in [-0.3, -0.25) is 4.72 Å². The minimum Gasteiger partial charge on any atom is -0.326 e. The van der Waals surface area contributed by atoms with Crippen LogP contribution in [0.25, 0.3) is 0 Å². The number of anilines is 3. The number of hydrogen-bond donors (Lipinski definition) is 1. The van der Waals surface area contributed by atoms with Crippen LogP contribution in [0.5, 0.6) is 0 Å². The molecule has 6 heteroatoms. The lowest BCUT2D eigenvalue weighted by atomic mass is 10.1. The standard InChI is InChI=1S/C22H23N3O2S/c1-15-12-16(2)22(17(3)13-15)28(26,27)24-19-8-9-21(23-14-19)25-11-10-18-6-4-5-7-20(18)25/h4-9,12-14,24H,10-11H2,1-3H3. The molecule has 0 unspecified atom stereocenters. The fourth-order valence-corrected chi connectivity index (χ4v) is 5.48. The summed E-state index contributed by atoms with van der Waals surface area (Å²) in [4.78, 5) is 6.98. The van der Waals surface area contributed by atoms with Crippen LogP contribution in [0.1, 0.15) is 22.3 Å². The molecule has 0 radical (unpaired) electrons. The minimum atomic E-state index is -3.68. The Labute approximate surface area is 166 Å². The van der Waals surface area contributed by atoms with Gasteiger partial charge in [0, 0.05) is 12.2 Å². The number of pyridine rings is 1. The third-order valence-electron chi connectivity index (χ3n) is 5.04. The molecule has 1 aromatic heterocycles. The van der Waals surface area contributed by atoms with E-state index in [0.717, 1.165) is 41.2 Å². The predicted molar refractivity (Wildman–Crippen MR) is 113 cm³/mol. The molecule has 1 N–H and O–H groups in total. The van der Waals surface area contributed by atoms with Crippen LogP contribution in [0.3, 0.4) is 0 Å². The highest BCUT2D eigenvalue weighted by Gasteiger charge is 2.22. The summed E-state index contributed by atoms with van der Waals surface area (Å²) in [7, 11) is -3.68. The molecule has 0 aliphatic carbocycles. The van der Waals surface area contributed by atoms with Crippen LogP contribution in [0, 0.1) is 20.8 Å². The van der Waals surface area contributed by atoms with Crippen molar-refractivity contribution in [2.75, 3.05) is 16.2 Å². The highest BCUT2D eigenvalue weighted by atomic mass is 32.2. The number of para-hydroxylation sites is 1. The molecule has 0 saturated carbocycles. The highest BCUT2D eigenvalue weighted by molar-refractivity contribution is 7.92. The average Bonchev–Trinajstić information content (AvgIpc) is 3.05. The van der Waals surface area contributed by atoms with Crippen LogP contribution in [0.15, 0.2) is 59.6 Å². The van der Waals surface area contributed by atoms with Gasteiger partial charge in [-0.15, -0.1) is 0 Å². The number of benzene rings is 2. The first-order chi connectivity index (χ1) is 13.3. The van der Waals surface area contributed by atoms with E-state index in [1.54, 1.807) is 12.3 Å². The Balaban J connectivity index is 1.59. The second kappa shape index (κ2) is 6.95. The van der Waals surface area contributed by atoms with Gasteiger partial charge in [-0.05, 0) is 62.1 Å². The largest absolute Gasteiger partial charge is 0.326 e.